The van der Waals surface area contributed by atoms with E-state index in [0.717, 1.165) is 18.4 Å². The Hall–Kier alpha value is -0.370. The van der Waals surface area contributed by atoms with Crippen molar-refractivity contribution in [3.63, 3.8) is 0 Å². The number of hydrogen-bond donors (Lipinski definition) is 1. The Morgan fingerprint density at radius 2 is 2.07 bits per heavy atom. The first-order chi connectivity index (χ1) is 6.56. The lowest BCUT2D eigenvalue weighted by Crippen LogP contribution is -1.88. The minimum Gasteiger partial charge on any atom is -0.326 e. The van der Waals surface area contributed by atoms with E-state index in [1.54, 1.807) is 0 Å². The van der Waals surface area contributed by atoms with Gasteiger partial charge in [-0.2, -0.15) is 0 Å². The normalized spacial score (nSPS) is 15.7. The summed E-state index contributed by atoms with van der Waals surface area (Å²) in [6, 6.07) is 0. The lowest BCUT2D eigenvalue weighted by Gasteiger charge is -2.01. The van der Waals surface area contributed by atoms with Crippen LogP contribution in [0.15, 0.2) is 23.3 Å². The molecule has 0 bridgehead atoms. The fraction of sp³-hybridized carbons (Fsp3) is 0.600. The molecule has 0 amide bonds. The van der Waals surface area contributed by atoms with Gasteiger partial charge < -0.3 is 9.42 Å². The molecule has 1 unspecified atom stereocenters. The number of allylic oxidation sites excluding steroid dienone is 3. The topological polar surface area (TPSA) is 46.5 Å². The van der Waals surface area contributed by atoms with Crippen LogP contribution in [-0.4, -0.2) is 11.5 Å². The smallest absolute Gasteiger partial charge is 0.316 e. The van der Waals surface area contributed by atoms with Gasteiger partial charge in [-0.3, -0.25) is 4.57 Å². The lowest BCUT2D eigenvalue weighted by molar-refractivity contribution is 0.305. The molecule has 0 aliphatic carbocycles. The first kappa shape index (κ1) is 13.6. The van der Waals surface area contributed by atoms with E-state index in [9.17, 15) is 4.57 Å². The maximum atomic E-state index is 10.3. The largest absolute Gasteiger partial charge is 0.326 e. The second kappa shape index (κ2) is 7.98. The summed E-state index contributed by atoms with van der Waals surface area (Å²) in [6.07, 6.45) is 6.11. The predicted octanol–water partition coefficient (Wildman–Crippen LogP) is 3.08. The highest BCUT2D eigenvalue weighted by Gasteiger charge is 1.94. The van der Waals surface area contributed by atoms with Crippen molar-refractivity contribution in [2.75, 3.05) is 6.61 Å². The van der Waals surface area contributed by atoms with Crippen LogP contribution in [0.5, 0.6) is 0 Å². The number of hydrogen-bond acceptors (Lipinski definition) is 2. The zero-order chi connectivity index (χ0) is 11.0. The summed E-state index contributed by atoms with van der Waals surface area (Å²) in [5, 5.41) is 0. The van der Waals surface area contributed by atoms with Crippen LogP contribution in [0, 0.1) is 0 Å². The minimum atomic E-state index is -2.78. The highest BCUT2D eigenvalue weighted by atomic mass is 31.1. The Kier molecular flexibility index (Phi) is 7.77. The fourth-order valence-corrected chi connectivity index (χ4v) is 1.28. The molecule has 82 valence electrons. The van der Waals surface area contributed by atoms with Crippen molar-refractivity contribution in [3.05, 3.63) is 23.3 Å². The molecule has 3 nitrogen and oxygen atoms in total. The molecular weight excluding hydrogens is 199 g/mol. The van der Waals surface area contributed by atoms with E-state index in [4.69, 9.17) is 4.89 Å². The molecule has 14 heavy (non-hydrogen) atoms. The molecule has 0 aromatic rings. The van der Waals surface area contributed by atoms with E-state index in [1.165, 1.54) is 5.57 Å². The van der Waals surface area contributed by atoms with Gasteiger partial charge in [0.1, 0.15) is 0 Å². The molecule has 1 N–H and O–H groups in total. The molecule has 0 aromatic carbocycles. The molecule has 0 spiro atoms. The standard InChI is InChI=1S/C10H19O3P/c1-4-9(2)6-5-7-10(3)8-13-14(11)12/h4,7,14H,5-6,8H2,1-3H3,(H,11,12). The van der Waals surface area contributed by atoms with Gasteiger partial charge in [0.25, 0.3) is 0 Å². The molecule has 0 aliphatic rings. The third-order valence-electron chi connectivity index (χ3n) is 1.95. The number of rotatable bonds is 6. The third-order valence-corrected chi connectivity index (χ3v) is 2.34. The van der Waals surface area contributed by atoms with Crippen LogP contribution in [0.1, 0.15) is 33.6 Å². The lowest BCUT2D eigenvalue weighted by atomic mass is 10.1. The molecule has 0 fully saturated rings. The van der Waals surface area contributed by atoms with E-state index in [1.807, 2.05) is 19.9 Å². The monoisotopic (exact) mass is 218 g/mol. The first-order valence-electron chi connectivity index (χ1n) is 4.69. The highest BCUT2D eigenvalue weighted by Crippen LogP contribution is 2.16. The van der Waals surface area contributed by atoms with Crippen LogP contribution in [0.4, 0.5) is 0 Å². The molecule has 1 atom stereocenters. The fourth-order valence-electron chi connectivity index (χ4n) is 0.925. The Balaban J connectivity index is 3.71. The van der Waals surface area contributed by atoms with Gasteiger partial charge in [-0.15, -0.1) is 0 Å². The van der Waals surface area contributed by atoms with E-state index >= 15 is 0 Å². The second-order valence-corrected chi connectivity index (χ2v) is 4.10. The van der Waals surface area contributed by atoms with E-state index in [2.05, 4.69) is 17.5 Å². The molecular formula is C10H19O3P. The van der Waals surface area contributed by atoms with Crippen LogP contribution in [0.2, 0.25) is 0 Å². The van der Waals surface area contributed by atoms with Gasteiger partial charge in [-0.25, -0.2) is 0 Å². The van der Waals surface area contributed by atoms with Gasteiger partial charge in [-0.1, -0.05) is 23.3 Å². The van der Waals surface area contributed by atoms with Crippen LogP contribution in [0.3, 0.4) is 0 Å². The zero-order valence-electron chi connectivity index (χ0n) is 9.04. The van der Waals surface area contributed by atoms with Crippen molar-refractivity contribution < 1.29 is 14.0 Å². The van der Waals surface area contributed by atoms with Crippen molar-refractivity contribution in [1.82, 2.24) is 0 Å². The molecule has 0 heterocycles. The molecule has 0 saturated carbocycles. The van der Waals surface area contributed by atoms with Crippen LogP contribution in [-0.2, 0) is 9.09 Å². The summed E-state index contributed by atoms with van der Waals surface area (Å²) in [5.41, 5.74) is 2.35. The Morgan fingerprint density at radius 1 is 1.43 bits per heavy atom. The minimum absolute atomic E-state index is 0.253. The zero-order valence-corrected chi connectivity index (χ0v) is 10.0. The van der Waals surface area contributed by atoms with Gasteiger partial charge in [0.15, 0.2) is 0 Å². The molecule has 0 aliphatic heterocycles. The van der Waals surface area contributed by atoms with E-state index < -0.39 is 8.25 Å². The third kappa shape index (κ3) is 8.24. The average molecular weight is 218 g/mol. The van der Waals surface area contributed by atoms with Crippen molar-refractivity contribution in [1.29, 1.82) is 0 Å². The molecule has 4 heteroatoms. The Bertz CT molecular complexity index is 244. The van der Waals surface area contributed by atoms with Gasteiger partial charge in [0.05, 0.1) is 6.61 Å². The van der Waals surface area contributed by atoms with Gasteiger partial charge in [0.2, 0.25) is 0 Å². The first-order valence-corrected chi connectivity index (χ1v) is 5.95. The van der Waals surface area contributed by atoms with Crippen molar-refractivity contribution >= 4 is 8.25 Å². The summed E-state index contributed by atoms with van der Waals surface area (Å²) in [6.45, 7) is 6.26. The Labute approximate surface area is 86.4 Å². The van der Waals surface area contributed by atoms with E-state index in [0.29, 0.717) is 0 Å². The SMILES string of the molecule is CC=C(C)CCC=C(C)CO[PH](=O)O. The van der Waals surface area contributed by atoms with Crippen molar-refractivity contribution in [2.45, 2.75) is 33.6 Å². The summed E-state index contributed by atoms with van der Waals surface area (Å²) < 4.78 is 14.9. The van der Waals surface area contributed by atoms with Crippen LogP contribution < -0.4 is 0 Å². The summed E-state index contributed by atoms with van der Waals surface area (Å²) in [7, 11) is -2.78. The average Bonchev–Trinajstić information content (AvgIpc) is 2.14. The van der Waals surface area contributed by atoms with E-state index in [-0.39, 0.29) is 6.61 Å². The maximum absolute atomic E-state index is 10.3. The maximum Gasteiger partial charge on any atom is 0.316 e. The Morgan fingerprint density at radius 3 is 2.57 bits per heavy atom. The summed E-state index contributed by atoms with van der Waals surface area (Å²) >= 11 is 0. The van der Waals surface area contributed by atoms with Crippen molar-refractivity contribution in [2.24, 2.45) is 0 Å². The molecule has 0 saturated heterocycles. The van der Waals surface area contributed by atoms with Gasteiger partial charge >= 0.3 is 8.25 Å². The van der Waals surface area contributed by atoms with Crippen molar-refractivity contribution in [3.8, 4) is 0 Å². The van der Waals surface area contributed by atoms with Crippen LogP contribution in [0.25, 0.3) is 0 Å². The second-order valence-electron chi connectivity index (χ2n) is 3.28. The molecule has 0 aromatic heterocycles. The van der Waals surface area contributed by atoms with Gasteiger partial charge in [0, 0.05) is 0 Å². The summed E-state index contributed by atoms with van der Waals surface area (Å²) in [4.78, 5) is 8.44. The highest BCUT2D eigenvalue weighted by molar-refractivity contribution is 7.32. The van der Waals surface area contributed by atoms with Crippen LogP contribution >= 0.6 is 8.25 Å². The molecule has 0 radical (unpaired) electrons. The quantitative estimate of drug-likeness (QED) is 0.550. The van der Waals surface area contributed by atoms with Gasteiger partial charge in [-0.05, 0) is 33.6 Å². The predicted molar refractivity (Wildman–Crippen MR) is 59.6 cm³/mol. The molecule has 0 rings (SSSR count). The summed E-state index contributed by atoms with van der Waals surface area (Å²) in [5.74, 6) is 0.